The molecule has 0 radical (unpaired) electrons. The van der Waals surface area contributed by atoms with Crippen LogP contribution < -0.4 is 51.5 Å². The zero-order valence-corrected chi connectivity index (χ0v) is 35.2. The van der Waals surface area contributed by atoms with Gasteiger partial charge in [-0.15, -0.1) is 20.5 Å². The number of rotatable bonds is 7. The molecule has 0 N–H and O–H groups in total. The van der Waals surface area contributed by atoms with Gasteiger partial charge in [0.25, 0.3) is 23.3 Å². The molecule has 3 heterocycles. The Morgan fingerprint density at radius 2 is 0.885 bits per heavy atom. The van der Waals surface area contributed by atoms with Gasteiger partial charge in [0.05, 0.1) is 0 Å². The topological polar surface area (TPSA) is 231 Å². The summed E-state index contributed by atoms with van der Waals surface area (Å²) in [7, 11) is -7.73. The first-order chi connectivity index (χ1) is 28.8. The van der Waals surface area contributed by atoms with Crippen molar-refractivity contribution in [2.75, 3.05) is 11.9 Å². The summed E-state index contributed by atoms with van der Waals surface area (Å²) in [6.07, 6.45) is 4.47. The van der Waals surface area contributed by atoms with Crippen molar-refractivity contribution < 1.29 is 67.1 Å². The Bertz CT molecular complexity index is 2490. The number of anilines is 1. The SMILES string of the molecule is Cc1n(-c2ccccc2)c(C(=C/C=C2\N(C)c3ccccc3C2(C)C)c2n[n+](-c3ccccc3)c(C)n2-c2ccccc2)n[n+]1-c1ccccc1.[O-][Cl+3]([O-])([O-])[O-].[O-][Cl+3]([O-])([O-])[O-]. The first-order valence-electron chi connectivity index (χ1n) is 18.6. The van der Waals surface area contributed by atoms with Gasteiger partial charge < -0.3 is 4.90 Å². The van der Waals surface area contributed by atoms with Crippen molar-refractivity contribution in [2.24, 2.45) is 0 Å². The first-order valence-corrected chi connectivity index (χ1v) is 21.1. The molecule has 314 valence electrons. The Hall–Kier alpha value is -6.08. The van der Waals surface area contributed by atoms with Crippen LogP contribution >= 0.6 is 0 Å². The molecule has 17 heteroatoms. The molecular formula is C44H41Cl2N7O8. The number of hydrogen-bond acceptors (Lipinski definition) is 11. The Balaban J connectivity index is 0.000000560. The maximum absolute atomic E-state index is 8.49. The second-order valence-electron chi connectivity index (χ2n) is 14.2. The first kappa shape index (κ1) is 44.5. The molecule has 0 saturated heterocycles. The van der Waals surface area contributed by atoms with Gasteiger partial charge in [-0.1, -0.05) is 114 Å². The molecule has 0 atom stereocenters. The predicted molar refractivity (Wildman–Crippen MR) is 203 cm³/mol. The maximum Gasteiger partial charge on any atom is 0.286 e. The van der Waals surface area contributed by atoms with Gasteiger partial charge in [-0.25, -0.2) is 37.3 Å². The van der Waals surface area contributed by atoms with Gasteiger partial charge in [-0.3, -0.25) is 0 Å². The lowest BCUT2D eigenvalue weighted by molar-refractivity contribution is -2.00. The molecule has 0 unspecified atom stereocenters. The summed E-state index contributed by atoms with van der Waals surface area (Å²) in [5.41, 5.74) is 8.38. The summed E-state index contributed by atoms with van der Waals surface area (Å²) in [5.74, 6) is 3.49. The summed E-state index contributed by atoms with van der Waals surface area (Å²) in [4.78, 5) is 2.31. The van der Waals surface area contributed by atoms with Crippen LogP contribution in [0, 0.1) is 34.3 Å². The molecule has 0 fully saturated rings. The van der Waals surface area contributed by atoms with Crippen molar-refractivity contribution in [2.45, 2.75) is 33.1 Å². The van der Waals surface area contributed by atoms with Crippen LogP contribution in [-0.2, 0) is 5.41 Å². The number of hydrogen-bond donors (Lipinski definition) is 0. The van der Waals surface area contributed by atoms with Crippen molar-refractivity contribution in [3.8, 4) is 22.7 Å². The molecule has 0 saturated carbocycles. The van der Waals surface area contributed by atoms with E-state index in [0.29, 0.717) is 0 Å². The van der Waals surface area contributed by atoms with Gasteiger partial charge in [0.2, 0.25) is 0 Å². The van der Waals surface area contributed by atoms with Gasteiger partial charge in [0.1, 0.15) is 16.9 Å². The van der Waals surface area contributed by atoms with Crippen LogP contribution in [0.25, 0.3) is 28.3 Å². The molecule has 1 aliphatic heterocycles. The molecule has 5 aromatic carbocycles. The molecule has 0 aliphatic carbocycles. The lowest BCUT2D eigenvalue weighted by Gasteiger charge is -2.23. The van der Waals surface area contributed by atoms with Crippen molar-refractivity contribution in [1.29, 1.82) is 0 Å². The molecule has 15 nitrogen and oxygen atoms in total. The van der Waals surface area contributed by atoms with Crippen LogP contribution in [0.4, 0.5) is 5.69 Å². The molecule has 0 amide bonds. The predicted octanol–water partition coefficient (Wildman–Crippen LogP) is -1.54. The largest absolute Gasteiger partial charge is 0.347 e. The van der Waals surface area contributed by atoms with Crippen LogP contribution in [0.15, 0.2) is 163 Å². The second kappa shape index (κ2) is 18.3. The highest BCUT2D eigenvalue weighted by Gasteiger charge is 2.39. The third kappa shape index (κ3) is 10.5. The number of halogens is 2. The Morgan fingerprint density at radius 1 is 0.541 bits per heavy atom. The fourth-order valence-electron chi connectivity index (χ4n) is 7.38. The second-order valence-corrected chi connectivity index (χ2v) is 15.7. The number of allylic oxidation sites excluding steroid dienone is 3. The molecule has 61 heavy (non-hydrogen) atoms. The molecule has 1 aliphatic rings. The third-order valence-electron chi connectivity index (χ3n) is 9.93. The average molecular weight is 867 g/mol. The van der Waals surface area contributed by atoms with Gasteiger partial charge in [-0.2, -0.15) is 9.13 Å². The summed E-state index contributed by atoms with van der Waals surface area (Å²) < 4.78 is 76.5. The van der Waals surface area contributed by atoms with E-state index in [0.717, 1.165) is 51.6 Å². The molecule has 8 rings (SSSR count). The Labute approximate surface area is 356 Å². The number of benzene rings is 5. The fourth-order valence-corrected chi connectivity index (χ4v) is 7.38. The van der Waals surface area contributed by atoms with Gasteiger partial charge in [0.15, 0.2) is 11.4 Å². The van der Waals surface area contributed by atoms with Crippen molar-refractivity contribution >= 4 is 11.3 Å². The van der Waals surface area contributed by atoms with E-state index in [1.165, 1.54) is 16.9 Å². The van der Waals surface area contributed by atoms with Crippen LogP contribution in [0.5, 0.6) is 0 Å². The lowest BCUT2D eigenvalue weighted by Crippen LogP contribution is -2.68. The van der Waals surface area contributed by atoms with Crippen molar-refractivity contribution in [1.82, 2.24) is 19.3 Å². The normalized spacial score (nSPS) is 13.8. The monoisotopic (exact) mass is 865 g/mol. The average Bonchev–Trinajstić information content (AvgIpc) is 3.81. The van der Waals surface area contributed by atoms with Crippen molar-refractivity contribution in [3.05, 3.63) is 192 Å². The van der Waals surface area contributed by atoms with Crippen LogP contribution in [-0.4, -0.2) is 26.4 Å². The number of fused-ring (bicyclic) bond motifs is 1. The fraction of sp³-hybridized carbons (Fsp3) is 0.136. The summed E-state index contributed by atoms with van der Waals surface area (Å²) in [6.45, 7) is 8.84. The molecular weight excluding hydrogens is 825 g/mol. The van der Waals surface area contributed by atoms with E-state index in [1.54, 1.807) is 0 Å². The van der Waals surface area contributed by atoms with E-state index in [4.69, 9.17) is 47.5 Å². The lowest BCUT2D eigenvalue weighted by atomic mass is 9.83. The maximum atomic E-state index is 8.49. The van der Waals surface area contributed by atoms with E-state index in [-0.39, 0.29) is 5.41 Å². The minimum Gasteiger partial charge on any atom is -0.347 e. The van der Waals surface area contributed by atoms with E-state index in [1.807, 2.05) is 57.9 Å². The molecule has 0 bridgehead atoms. The van der Waals surface area contributed by atoms with E-state index < -0.39 is 20.5 Å². The highest BCUT2D eigenvalue weighted by molar-refractivity contribution is 5.77. The standard InChI is InChI=1S/C44H41N7.2ClHO4/c1-32-48(34-20-10-6-11-21-34)42(45-50(32)36-24-14-8-15-25-36)38(30-31-41-44(3,4)39-28-18-19-29-40(39)47(41)5)43-46-51(37-26-16-9-17-27-37)33(2)49(43)35-22-12-7-13-23-35;2*2-1(3,4)5/h6-31H,1-5H3;2*(H,2,3,4,5)/q+2;;/p-2/b41-31-;;. The zero-order chi connectivity index (χ0) is 44.1. The third-order valence-corrected chi connectivity index (χ3v) is 9.93. The number of likely N-dealkylation sites (N-methyl/N-ethyl adjacent to an activating group) is 1. The minimum absolute atomic E-state index is 0.212. The number of nitrogens with zero attached hydrogens (tertiary/aromatic N) is 7. The molecule has 2 aromatic heterocycles. The molecule has 7 aromatic rings. The minimum atomic E-state index is -4.94. The summed E-state index contributed by atoms with van der Waals surface area (Å²) in [6, 6.07) is 50.2. The smallest absolute Gasteiger partial charge is 0.286 e. The van der Waals surface area contributed by atoms with Gasteiger partial charge >= 0.3 is 0 Å². The van der Waals surface area contributed by atoms with Crippen LogP contribution in [0.1, 0.15) is 42.7 Å². The van der Waals surface area contributed by atoms with E-state index in [2.05, 4.69) is 158 Å². The zero-order valence-electron chi connectivity index (χ0n) is 33.7. The Morgan fingerprint density at radius 3 is 1.26 bits per heavy atom. The number of para-hydroxylation sites is 5. The highest BCUT2D eigenvalue weighted by atomic mass is 35.7. The van der Waals surface area contributed by atoms with E-state index in [9.17, 15) is 0 Å². The van der Waals surface area contributed by atoms with Gasteiger partial charge in [-0.05, 0) is 82.5 Å². The summed E-state index contributed by atoms with van der Waals surface area (Å²) in [5, 5.41) is 10.9. The summed E-state index contributed by atoms with van der Waals surface area (Å²) >= 11 is 0. The van der Waals surface area contributed by atoms with Crippen molar-refractivity contribution in [3.63, 3.8) is 0 Å². The molecule has 0 spiro atoms. The van der Waals surface area contributed by atoms with Gasteiger partial charge in [0, 0.05) is 37.7 Å². The van der Waals surface area contributed by atoms with Crippen LogP contribution in [0.3, 0.4) is 0 Å². The van der Waals surface area contributed by atoms with Crippen LogP contribution in [0.2, 0.25) is 0 Å². The Kier molecular flexibility index (Phi) is 13.3. The quantitative estimate of drug-likeness (QED) is 0.167. The number of aromatic nitrogens is 6. The highest BCUT2D eigenvalue weighted by Crippen LogP contribution is 2.46. The van der Waals surface area contributed by atoms with E-state index >= 15 is 0 Å².